The molecule has 2 aromatic rings. The van der Waals surface area contributed by atoms with E-state index in [-0.39, 0.29) is 16.0 Å². The number of alkyl halides is 3. The SMILES string of the molecule is CC[C@@H](C)NC(=O)CN(c1cc(C(F)(F)F)ccc1Cl)S(=O)(=O)c1ccccc1. The molecule has 2 aromatic carbocycles. The molecule has 0 saturated heterocycles. The van der Waals surface area contributed by atoms with Crippen LogP contribution >= 0.6 is 11.6 Å². The molecule has 1 amide bonds. The fourth-order valence-corrected chi connectivity index (χ4v) is 4.17. The number of nitrogens with one attached hydrogen (secondary N) is 1. The number of carbonyl (C=O) groups is 1. The third kappa shape index (κ3) is 5.63. The minimum atomic E-state index is -4.71. The second-order valence-electron chi connectivity index (χ2n) is 6.37. The van der Waals surface area contributed by atoms with Crippen molar-refractivity contribution in [1.82, 2.24) is 5.32 Å². The minimum Gasteiger partial charge on any atom is -0.352 e. The third-order valence-corrected chi connectivity index (χ3v) is 6.27. The van der Waals surface area contributed by atoms with Gasteiger partial charge in [-0.25, -0.2) is 8.42 Å². The molecule has 0 spiro atoms. The molecule has 0 fully saturated rings. The normalized spacial score (nSPS) is 13.0. The summed E-state index contributed by atoms with van der Waals surface area (Å²) >= 11 is 6.05. The second kappa shape index (κ2) is 9.04. The third-order valence-electron chi connectivity index (χ3n) is 4.18. The van der Waals surface area contributed by atoms with Crippen LogP contribution in [0.25, 0.3) is 0 Å². The molecule has 0 bridgehead atoms. The van der Waals surface area contributed by atoms with Crippen LogP contribution in [0.15, 0.2) is 53.4 Å². The molecule has 0 aliphatic rings. The number of nitrogens with zero attached hydrogens (tertiary/aromatic N) is 1. The standard InChI is InChI=1S/C19H20ClF3N2O3S/c1-3-13(2)24-18(26)12-25(29(27,28)15-7-5-4-6-8-15)17-11-14(19(21,22)23)9-10-16(17)20/h4-11,13H,3,12H2,1-2H3,(H,24,26)/t13-/m1/s1. The number of halogens is 4. The zero-order chi connectivity index (χ0) is 21.8. The summed E-state index contributed by atoms with van der Waals surface area (Å²) in [5.41, 5.74) is -1.50. The molecule has 2 rings (SSSR count). The van der Waals surface area contributed by atoms with Gasteiger partial charge in [-0.1, -0.05) is 36.7 Å². The quantitative estimate of drug-likeness (QED) is 0.679. The van der Waals surface area contributed by atoms with E-state index >= 15 is 0 Å². The number of amides is 1. The monoisotopic (exact) mass is 448 g/mol. The lowest BCUT2D eigenvalue weighted by atomic mass is 10.2. The van der Waals surface area contributed by atoms with Crippen LogP contribution in [0.4, 0.5) is 18.9 Å². The van der Waals surface area contributed by atoms with Gasteiger partial charge in [0.25, 0.3) is 10.0 Å². The highest BCUT2D eigenvalue weighted by atomic mass is 35.5. The number of hydrogen-bond donors (Lipinski definition) is 1. The van der Waals surface area contributed by atoms with Crippen LogP contribution in [0.1, 0.15) is 25.8 Å². The molecule has 5 nitrogen and oxygen atoms in total. The Hall–Kier alpha value is -2.26. The molecule has 0 aliphatic heterocycles. The number of anilines is 1. The lowest BCUT2D eigenvalue weighted by Crippen LogP contribution is -2.43. The number of benzene rings is 2. The molecule has 10 heteroatoms. The van der Waals surface area contributed by atoms with E-state index in [1.165, 1.54) is 24.3 Å². The van der Waals surface area contributed by atoms with Gasteiger partial charge in [-0.15, -0.1) is 0 Å². The van der Waals surface area contributed by atoms with E-state index in [4.69, 9.17) is 11.6 Å². The molecule has 1 N–H and O–H groups in total. The van der Waals surface area contributed by atoms with E-state index in [1.54, 1.807) is 13.0 Å². The van der Waals surface area contributed by atoms with Crippen molar-refractivity contribution in [2.24, 2.45) is 0 Å². The topological polar surface area (TPSA) is 66.5 Å². The molecule has 0 radical (unpaired) electrons. The zero-order valence-electron chi connectivity index (χ0n) is 15.7. The summed E-state index contributed by atoms with van der Waals surface area (Å²) in [6.45, 7) is 2.83. The molecule has 0 aromatic heterocycles. The van der Waals surface area contributed by atoms with Crippen LogP contribution in [0.2, 0.25) is 5.02 Å². The lowest BCUT2D eigenvalue weighted by molar-refractivity contribution is -0.137. The van der Waals surface area contributed by atoms with Crippen molar-refractivity contribution in [3.8, 4) is 0 Å². The Kier molecular flexibility index (Phi) is 7.18. The molecule has 0 unspecified atom stereocenters. The van der Waals surface area contributed by atoms with Crippen LogP contribution in [0, 0.1) is 0 Å². The Morgan fingerprint density at radius 3 is 2.34 bits per heavy atom. The fourth-order valence-electron chi connectivity index (χ4n) is 2.45. The van der Waals surface area contributed by atoms with Crippen LogP contribution in [-0.4, -0.2) is 26.9 Å². The average Bonchev–Trinajstić information content (AvgIpc) is 2.66. The highest BCUT2D eigenvalue weighted by Crippen LogP contribution is 2.37. The minimum absolute atomic E-state index is 0.176. The maximum Gasteiger partial charge on any atom is 0.416 e. The molecule has 158 valence electrons. The van der Waals surface area contributed by atoms with E-state index in [0.29, 0.717) is 16.8 Å². The first-order valence-electron chi connectivity index (χ1n) is 8.70. The average molecular weight is 449 g/mol. The number of sulfonamides is 1. The Bertz CT molecular complexity index is 966. The molecule has 1 atom stereocenters. The summed E-state index contributed by atoms with van der Waals surface area (Å²) in [4.78, 5) is 12.2. The lowest BCUT2D eigenvalue weighted by Gasteiger charge is -2.26. The summed E-state index contributed by atoms with van der Waals surface area (Å²) in [6, 6.07) is 9.21. The van der Waals surface area contributed by atoms with Crippen LogP contribution in [-0.2, 0) is 21.0 Å². The van der Waals surface area contributed by atoms with Gasteiger partial charge in [-0.3, -0.25) is 9.10 Å². The van der Waals surface area contributed by atoms with Crippen LogP contribution < -0.4 is 9.62 Å². The van der Waals surface area contributed by atoms with E-state index in [9.17, 15) is 26.4 Å². The van der Waals surface area contributed by atoms with Crippen molar-refractivity contribution in [3.05, 3.63) is 59.1 Å². The fraction of sp³-hybridized carbons (Fsp3) is 0.316. The van der Waals surface area contributed by atoms with E-state index in [1.807, 2.05) is 6.92 Å². The van der Waals surface area contributed by atoms with Crippen molar-refractivity contribution >= 4 is 33.2 Å². The van der Waals surface area contributed by atoms with Crippen molar-refractivity contribution < 1.29 is 26.4 Å². The first-order chi connectivity index (χ1) is 13.5. The summed E-state index contributed by atoms with van der Waals surface area (Å²) in [6.07, 6.45) is -4.11. The van der Waals surface area contributed by atoms with Gasteiger partial charge in [0.1, 0.15) is 6.54 Å². The van der Waals surface area contributed by atoms with Gasteiger partial charge >= 0.3 is 6.18 Å². The Morgan fingerprint density at radius 2 is 1.79 bits per heavy atom. The first kappa shape index (κ1) is 23.0. The smallest absolute Gasteiger partial charge is 0.352 e. The van der Waals surface area contributed by atoms with Crippen molar-refractivity contribution in [2.75, 3.05) is 10.8 Å². The summed E-state index contributed by atoms with van der Waals surface area (Å²) in [5, 5.41) is 2.38. The van der Waals surface area contributed by atoms with Crippen molar-refractivity contribution in [3.63, 3.8) is 0 Å². The molecule has 0 saturated carbocycles. The summed E-state index contributed by atoms with van der Waals surface area (Å²) in [7, 11) is -4.36. The van der Waals surface area contributed by atoms with Gasteiger partial charge in [0.05, 0.1) is 21.2 Å². The van der Waals surface area contributed by atoms with Gasteiger partial charge in [0.2, 0.25) is 5.91 Å². The number of hydrogen-bond acceptors (Lipinski definition) is 3. The van der Waals surface area contributed by atoms with Crippen molar-refractivity contribution in [2.45, 2.75) is 37.4 Å². The van der Waals surface area contributed by atoms with E-state index in [2.05, 4.69) is 5.32 Å². The first-order valence-corrected chi connectivity index (χ1v) is 10.5. The van der Waals surface area contributed by atoms with Gasteiger partial charge in [0, 0.05) is 6.04 Å². The van der Waals surface area contributed by atoms with Gasteiger partial charge in [-0.05, 0) is 43.7 Å². The van der Waals surface area contributed by atoms with E-state index < -0.39 is 39.9 Å². The second-order valence-corrected chi connectivity index (χ2v) is 8.64. The molecule has 29 heavy (non-hydrogen) atoms. The Morgan fingerprint density at radius 1 is 1.17 bits per heavy atom. The van der Waals surface area contributed by atoms with Crippen LogP contribution in [0.3, 0.4) is 0 Å². The highest BCUT2D eigenvalue weighted by molar-refractivity contribution is 7.92. The number of rotatable bonds is 7. The molecule has 0 heterocycles. The molecular weight excluding hydrogens is 429 g/mol. The highest BCUT2D eigenvalue weighted by Gasteiger charge is 2.34. The van der Waals surface area contributed by atoms with Gasteiger partial charge in [-0.2, -0.15) is 13.2 Å². The molecule has 0 aliphatic carbocycles. The molecular formula is C19H20ClF3N2O3S. The number of carbonyl (C=O) groups excluding carboxylic acids is 1. The summed E-state index contributed by atoms with van der Waals surface area (Å²) in [5.74, 6) is -0.660. The Balaban J connectivity index is 2.58. The summed E-state index contributed by atoms with van der Waals surface area (Å²) < 4.78 is 66.4. The Labute approximate surface area is 172 Å². The zero-order valence-corrected chi connectivity index (χ0v) is 17.3. The van der Waals surface area contributed by atoms with Gasteiger partial charge in [0.15, 0.2) is 0 Å². The van der Waals surface area contributed by atoms with Crippen LogP contribution in [0.5, 0.6) is 0 Å². The largest absolute Gasteiger partial charge is 0.416 e. The predicted molar refractivity (Wildman–Crippen MR) is 105 cm³/mol. The van der Waals surface area contributed by atoms with Crippen molar-refractivity contribution in [1.29, 1.82) is 0 Å². The van der Waals surface area contributed by atoms with E-state index in [0.717, 1.165) is 12.1 Å². The predicted octanol–water partition coefficient (Wildman–Crippen LogP) is 4.47. The van der Waals surface area contributed by atoms with Gasteiger partial charge < -0.3 is 5.32 Å². The maximum absolute atomic E-state index is 13.2. The maximum atomic E-state index is 13.2.